The van der Waals surface area contributed by atoms with Crippen molar-refractivity contribution in [3.05, 3.63) is 35.5 Å². The van der Waals surface area contributed by atoms with Crippen LogP contribution in [0.1, 0.15) is 16.1 Å². The van der Waals surface area contributed by atoms with Gasteiger partial charge in [-0.3, -0.25) is 9.69 Å². The molecule has 0 radical (unpaired) electrons. The molecule has 120 valence electrons. The third kappa shape index (κ3) is 2.17. The van der Waals surface area contributed by atoms with Crippen LogP contribution in [0.2, 0.25) is 0 Å². The second-order valence-electron chi connectivity index (χ2n) is 6.33. The van der Waals surface area contributed by atoms with Crippen molar-refractivity contribution in [1.82, 2.24) is 14.4 Å². The summed E-state index contributed by atoms with van der Waals surface area (Å²) in [6, 6.07) is 8.12. The number of hydrogen-bond donors (Lipinski definition) is 0. The second kappa shape index (κ2) is 5.01. The Morgan fingerprint density at radius 1 is 1.26 bits per heavy atom. The summed E-state index contributed by atoms with van der Waals surface area (Å²) >= 11 is 0. The van der Waals surface area contributed by atoms with Gasteiger partial charge in [-0.25, -0.2) is 4.79 Å². The van der Waals surface area contributed by atoms with E-state index in [9.17, 15) is 9.59 Å². The lowest BCUT2D eigenvalue weighted by Gasteiger charge is -2.35. The fourth-order valence-electron chi connectivity index (χ4n) is 3.48. The number of carbonyl (C=O) groups is 2. The van der Waals surface area contributed by atoms with Crippen molar-refractivity contribution in [2.45, 2.75) is 13.0 Å². The summed E-state index contributed by atoms with van der Waals surface area (Å²) in [6.07, 6.45) is -0.262. The average molecular weight is 313 g/mol. The summed E-state index contributed by atoms with van der Waals surface area (Å²) < 4.78 is 7.01. The highest BCUT2D eigenvalue weighted by molar-refractivity contribution is 5.99. The Balaban J connectivity index is 1.62. The number of amides is 2. The van der Waals surface area contributed by atoms with Gasteiger partial charge in [0.1, 0.15) is 12.3 Å². The summed E-state index contributed by atoms with van der Waals surface area (Å²) in [7, 11) is 1.92. The van der Waals surface area contributed by atoms with Crippen molar-refractivity contribution in [3.8, 4) is 0 Å². The van der Waals surface area contributed by atoms with E-state index in [-0.39, 0.29) is 18.0 Å². The molecule has 1 aromatic carbocycles. The molecule has 3 heterocycles. The van der Waals surface area contributed by atoms with Gasteiger partial charge < -0.3 is 14.2 Å². The topological polar surface area (TPSA) is 54.8 Å². The number of piperazine rings is 1. The Kier molecular flexibility index (Phi) is 3.07. The van der Waals surface area contributed by atoms with Gasteiger partial charge in [-0.15, -0.1) is 0 Å². The average Bonchev–Trinajstić information content (AvgIpc) is 3.08. The van der Waals surface area contributed by atoms with Gasteiger partial charge in [0.25, 0.3) is 5.91 Å². The Morgan fingerprint density at radius 2 is 2.09 bits per heavy atom. The number of nitrogens with zero attached hydrogens (tertiary/aromatic N) is 3. The van der Waals surface area contributed by atoms with Gasteiger partial charge in [-0.1, -0.05) is 12.1 Å². The van der Waals surface area contributed by atoms with E-state index >= 15 is 0 Å². The van der Waals surface area contributed by atoms with Gasteiger partial charge >= 0.3 is 6.09 Å². The zero-order valence-corrected chi connectivity index (χ0v) is 13.3. The van der Waals surface area contributed by atoms with Crippen LogP contribution in [0.3, 0.4) is 0 Å². The molecule has 0 saturated carbocycles. The van der Waals surface area contributed by atoms with Crippen molar-refractivity contribution >= 4 is 22.9 Å². The molecule has 1 atom stereocenters. The number of benzene rings is 1. The SMILES string of the molecule is Cc1ccc2cc(C(=O)N3CCN4C(=O)OC[C@@H]4C3)n(C)c2c1. The second-order valence-corrected chi connectivity index (χ2v) is 6.33. The van der Waals surface area contributed by atoms with Gasteiger partial charge in [0.05, 0.1) is 6.04 Å². The van der Waals surface area contributed by atoms with Gasteiger partial charge in [0.15, 0.2) is 0 Å². The van der Waals surface area contributed by atoms with E-state index in [4.69, 9.17) is 4.74 Å². The molecule has 0 aliphatic carbocycles. The number of ether oxygens (including phenoxy) is 1. The molecule has 0 spiro atoms. The first-order chi connectivity index (χ1) is 11.0. The molecule has 23 heavy (non-hydrogen) atoms. The predicted octanol–water partition coefficient (Wildman–Crippen LogP) is 1.76. The molecule has 2 aliphatic rings. The van der Waals surface area contributed by atoms with E-state index in [0.29, 0.717) is 31.9 Å². The third-order valence-corrected chi connectivity index (χ3v) is 4.82. The molecule has 2 amide bonds. The maximum absolute atomic E-state index is 12.9. The van der Waals surface area contributed by atoms with Crippen LogP contribution in [0.25, 0.3) is 10.9 Å². The van der Waals surface area contributed by atoms with Crippen molar-refractivity contribution in [1.29, 1.82) is 0 Å². The minimum atomic E-state index is -0.262. The molecule has 2 aromatic rings. The number of fused-ring (bicyclic) bond motifs is 2. The van der Waals surface area contributed by atoms with E-state index in [2.05, 4.69) is 12.1 Å². The van der Waals surface area contributed by atoms with Crippen LogP contribution < -0.4 is 0 Å². The Hall–Kier alpha value is -2.50. The number of aromatic nitrogens is 1. The summed E-state index contributed by atoms with van der Waals surface area (Å²) in [5, 5.41) is 1.07. The van der Waals surface area contributed by atoms with Gasteiger partial charge in [0, 0.05) is 37.6 Å². The number of hydrogen-bond acceptors (Lipinski definition) is 3. The third-order valence-electron chi connectivity index (χ3n) is 4.82. The Labute approximate surface area is 134 Å². The molecular formula is C17H19N3O3. The molecule has 0 bridgehead atoms. The zero-order chi connectivity index (χ0) is 16.1. The van der Waals surface area contributed by atoms with E-state index < -0.39 is 0 Å². The first kappa shape index (κ1) is 14.1. The molecule has 2 saturated heterocycles. The maximum Gasteiger partial charge on any atom is 0.410 e. The summed E-state index contributed by atoms with van der Waals surface area (Å²) in [4.78, 5) is 28.0. The van der Waals surface area contributed by atoms with Crippen LogP contribution in [0.4, 0.5) is 4.79 Å². The standard InChI is InChI=1S/C17H19N3O3/c1-11-3-4-12-8-15(18(2)14(12)7-11)16(21)19-5-6-20-13(9-19)10-23-17(20)22/h3-4,7-8,13H,5-6,9-10H2,1-2H3/t13-/m0/s1. The minimum absolute atomic E-state index is 0.0142. The fraction of sp³-hybridized carbons (Fsp3) is 0.412. The number of aryl methyl sites for hydroxylation is 2. The van der Waals surface area contributed by atoms with E-state index in [1.54, 1.807) is 4.90 Å². The van der Waals surface area contributed by atoms with Crippen molar-refractivity contribution in [2.75, 3.05) is 26.2 Å². The lowest BCUT2D eigenvalue weighted by Crippen LogP contribution is -2.53. The minimum Gasteiger partial charge on any atom is -0.447 e. The van der Waals surface area contributed by atoms with Gasteiger partial charge in [-0.2, -0.15) is 0 Å². The lowest BCUT2D eigenvalue weighted by molar-refractivity contribution is 0.0608. The van der Waals surface area contributed by atoms with Crippen LogP contribution in [0.5, 0.6) is 0 Å². The van der Waals surface area contributed by atoms with Crippen LogP contribution in [-0.2, 0) is 11.8 Å². The zero-order valence-electron chi connectivity index (χ0n) is 13.3. The molecular weight excluding hydrogens is 294 g/mol. The summed E-state index contributed by atoms with van der Waals surface area (Å²) in [5.74, 6) is 0.0142. The van der Waals surface area contributed by atoms with E-state index in [1.807, 2.05) is 35.6 Å². The largest absolute Gasteiger partial charge is 0.447 e. The number of cyclic esters (lactones) is 1. The molecule has 1 aromatic heterocycles. The Morgan fingerprint density at radius 3 is 2.91 bits per heavy atom. The summed E-state index contributed by atoms with van der Waals surface area (Å²) in [5.41, 5.74) is 2.92. The first-order valence-corrected chi connectivity index (χ1v) is 7.83. The van der Waals surface area contributed by atoms with Crippen molar-refractivity contribution in [2.24, 2.45) is 7.05 Å². The maximum atomic E-state index is 12.9. The molecule has 2 fully saturated rings. The number of carbonyl (C=O) groups excluding carboxylic acids is 2. The molecule has 6 nitrogen and oxygen atoms in total. The highest BCUT2D eigenvalue weighted by atomic mass is 16.6. The quantitative estimate of drug-likeness (QED) is 0.806. The van der Waals surface area contributed by atoms with E-state index in [1.165, 1.54) is 5.56 Å². The summed E-state index contributed by atoms with van der Waals surface area (Å²) in [6.45, 7) is 4.04. The molecule has 2 aliphatic heterocycles. The fourth-order valence-corrected chi connectivity index (χ4v) is 3.48. The highest BCUT2D eigenvalue weighted by Crippen LogP contribution is 2.23. The molecule has 0 N–H and O–H groups in total. The van der Waals surface area contributed by atoms with Gasteiger partial charge in [-0.05, 0) is 24.6 Å². The monoisotopic (exact) mass is 313 g/mol. The highest BCUT2D eigenvalue weighted by Gasteiger charge is 2.39. The number of rotatable bonds is 1. The molecule has 0 unspecified atom stereocenters. The van der Waals surface area contributed by atoms with Gasteiger partial charge in [0.2, 0.25) is 0 Å². The van der Waals surface area contributed by atoms with Crippen LogP contribution >= 0.6 is 0 Å². The van der Waals surface area contributed by atoms with Crippen molar-refractivity contribution < 1.29 is 14.3 Å². The predicted molar refractivity (Wildman–Crippen MR) is 85.4 cm³/mol. The lowest BCUT2D eigenvalue weighted by atomic mass is 10.1. The van der Waals surface area contributed by atoms with Crippen LogP contribution in [0.15, 0.2) is 24.3 Å². The van der Waals surface area contributed by atoms with Crippen LogP contribution in [-0.4, -0.2) is 58.7 Å². The normalized spacial score (nSPS) is 20.8. The van der Waals surface area contributed by atoms with Crippen molar-refractivity contribution in [3.63, 3.8) is 0 Å². The Bertz CT molecular complexity index is 811. The molecule has 6 heteroatoms. The van der Waals surface area contributed by atoms with E-state index in [0.717, 1.165) is 10.9 Å². The molecule has 4 rings (SSSR count). The first-order valence-electron chi connectivity index (χ1n) is 7.83. The van der Waals surface area contributed by atoms with Crippen LogP contribution in [0, 0.1) is 6.92 Å². The smallest absolute Gasteiger partial charge is 0.410 e.